The van der Waals surface area contributed by atoms with Gasteiger partial charge >= 0.3 is 0 Å². The molecule has 21 heavy (non-hydrogen) atoms. The monoisotopic (exact) mass is 302 g/mol. The van der Waals surface area contributed by atoms with Crippen molar-refractivity contribution in [3.05, 3.63) is 47.3 Å². The summed E-state index contributed by atoms with van der Waals surface area (Å²) in [5.74, 6) is 0.763. The standard InChI is InChI=1S/C17H22N2OS/c1-4-14-10-15(19(5-2)18-14)11-16(20)12-21-17-8-6-7-13(3)9-17/h6-10H,4-5,11-12H2,1-3H3. The predicted octanol–water partition coefficient (Wildman–Crippen LogP) is 3.68. The van der Waals surface area contributed by atoms with Crippen LogP contribution in [-0.2, 0) is 24.2 Å². The summed E-state index contributed by atoms with van der Waals surface area (Å²) in [7, 11) is 0. The molecule has 2 aromatic rings. The van der Waals surface area contributed by atoms with Gasteiger partial charge < -0.3 is 0 Å². The van der Waals surface area contributed by atoms with E-state index >= 15 is 0 Å². The van der Waals surface area contributed by atoms with Crippen molar-refractivity contribution in [2.75, 3.05) is 5.75 Å². The van der Waals surface area contributed by atoms with Gasteiger partial charge in [0.1, 0.15) is 5.78 Å². The number of hydrogen-bond donors (Lipinski definition) is 0. The first-order valence-corrected chi connectivity index (χ1v) is 8.37. The molecule has 0 radical (unpaired) electrons. The van der Waals surface area contributed by atoms with Gasteiger partial charge in [-0.15, -0.1) is 11.8 Å². The van der Waals surface area contributed by atoms with E-state index < -0.39 is 0 Å². The average Bonchev–Trinajstić information content (AvgIpc) is 2.87. The zero-order valence-electron chi connectivity index (χ0n) is 12.9. The third-order valence-corrected chi connectivity index (χ3v) is 4.40. The van der Waals surface area contributed by atoms with Gasteiger partial charge in [0, 0.05) is 23.6 Å². The van der Waals surface area contributed by atoms with Crippen LogP contribution in [0.5, 0.6) is 0 Å². The molecule has 0 aliphatic heterocycles. The third kappa shape index (κ3) is 4.46. The normalized spacial score (nSPS) is 10.8. The van der Waals surface area contributed by atoms with Crippen molar-refractivity contribution in [3.63, 3.8) is 0 Å². The molecule has 0 N–H and O–H groups in total. The second-order valence-electron chi connectivity index (χ2n) is 5.12. The van der Waals surface area contributed by atoms with Crippen LogP contribution in [0, 0.1) is 6.92 Å². The van der Waals surface area contributed by atoms with Gasteiger partial charge in [-0.1, -0.05) is 24.6 Å². The molecule has 0 aliphatic carbocycles. The van der Waals surface area contributed by atoms with Gasteiger partial charge in [-0.2, -0.15) is 5.10 Å². The minimum Gasteiger partial charge on any atom is -0.298 e. The molecule has 0 aliphatic rings. The summed E-state index contributed by atoms with van der Waals surface area (Å²) in [4.78, 5) is 13.3. The SMILES string of the molecule is CCc1cc(CC(=O)CSc2cccc(C)c2)n(CC)n1. The fraction of sp³-hybridized carbons (Fsp3) is 0.412. The van der Waals surface area contributed by atoms with Crippen molar-refractivity contribution in [1.82, 2.24) is 9.78 Å². The molecule has 0 saturated carbocycles. The molecule has 1 aromatic heterocycles. The van der Waals surface area contributed by atoms with Crippen LogP contribution in [-0.4, -0.2) is 21.3 Å². The van der Waals surface area contributed by atoms with Crippen molar-refractivity contribution >= 4 is 17.5 Å². The third-order valence-electron chi connectivity index (χ3n) is 3.34. The summed E-state index contributed by atoms with van der Waals surface area (Å²) in [5.41, 5.74) is 3.32. The molecule has 0 spiro atoms. The Morgan fingerprint density at radius 3 is 2.76 bits per heavy atom. The molecule has 0 atom stereocenters. The van der Waals surface area contributed by atoms with E-state index in [2.05, 4.69) is 50.1 Å². The molecule has 0 fully saturated rings. The van der Waals surface area contributed by atoms with Gasteiger partial charge in [0.2, 0.25) is 0 Å². The number of carbonyl (C=O) groups is 1. The van der Waals surface area contributed by atoms with Crippen molar-refractivity contribution in [3.8, 4) is 0 Å². The summed E-state index contributed by atoms with van der Waals surface area (Å²) >= 11 is 1.61. The number of hydrogen-bond acceptors (Lipinski definition) is 3. The Morgan fingerprint density at radius 2 is 2.10 bits per heavy atom. The lowest BCUT2D eigenvalue weighted by Gasteiger charge is -2.05. The van der Waals surface area contributed by atoms with E-state index in [4.69, 9.17) is 0 Å². The van der Waals surface area contributed by atoms with Crippen LogP contribution < -0.4 is 0 Å². The number of aromatic nitrogens is 2. The van der Waals surface area contributed by atoms with Crippen molar-refractivity contribution in [1.29, 1.82) is 0 Å². The van der Waals surface area contributed by atoms with Crippen LogP contribution in [0.25, 0.3) is 0 Å². The fourth-order valence-electron chi connectivity index (χ4n) is 2.23. The summed E-state index contributed by atoms with van der Waals surface area (Å²) in [6, 6.07) is 10.3. The first-order chi connectivity index (χ1) is 10.1. The summed E-state index contributed by atoms with van der Waals surface area (Å²) < 4.78 is 1.94. The molecule has 1 heterocycles. The van der Waals surface area contributed by atoms with Crippen LogP contribution in [0.1, 0.15) is 30.8 Å². The zero-order chi connectivity index (χ0) is 15.2. The van der Waals surface area contributed by atoms with Gasteiger partial charge in [-0.25, -0.2) is 0 Å². The Labute approximate surface area is 130 Å². The lowest BCUT2D eigenvalue weighted by atomic mass is 10.2. The number of carbonyl (C=O) groups excluding carboxylic acids is 1. The maximum atomic E-state index is 12.2. The molecule has 0 unspecified atom stereocenters. The van der Waals surface area contributed by atoms with E-state index in [0.717, 1.165) is 29.2 Å². The number of aryl methyl sites for hydroxylation is 3. The molecule has 2 rings (SSSR count). The first kappa shape index (κ1) is 15.8. The van der Waals surface area contributed by atoms with E-state index in [-0.39, 0.29) is 5.78 Å². The molecule has 3 nitrogen and oxygen atoms in total. The molecule has 0 amide bonds. The van der Waals surface area contributed by atoms with E-state index in [9.17, 15) is 4.79 Å². The molecule has 1 aromatic carbocycles. The quantitative estimate of drug-likeness (QED) is 0.732. The Hall–Kier alpha value is -1.55. The first-order valence-electron chi connectivity index (χ1n) is 7.39. The number of nitrogens with zero attached hydrogens (tertiary/aromatic N) is 2. The van der Waals surface area contributed by atoms with Gasteiger partial charge in [0.05, 0.1) is 11.4 Å². The van der Waals surface area contributed by atoms with Crippen molar-refractivity contribution < 1.29 is 4.79 Å². The van der Waals surface area contributed by atoms with E-state index in [1.54, 1.807) is 11.8 Å². The van der Waals surface area contributed by atoms with Crippen molar-refractivity contribution in [2.24, 2.45) is 0 Å². The van der Waals surface area contributed by atoms with Crippen molar-refractivity contribution in [2.45, 2.75) is 45.1 Å². The number of Topliss-reactive ketones (excluding diaryl/α,β-unsaturated/α-hetero) is 1. The summed E-state index contributed by atoms with van der Waals surface area (Å²) in [6.07, 6.45) is 1.38. The Kier molecular flexibility index (Phi) is 5.62. The lowest BCUT2D eigenvalue weighted by Crippen LogP contribution is -2.11. The predicted molar refractivity (Wildman–Crippen MR) is 87.9 cm³/mol. The smallest absolute Gasteiger partial charge is 0.149 e. The highest BCUT2D eigenvalue weighted by Gasteiger charge is 2.11. The number of rotatable bonds is 7. The minimum absolute atomic E-state index is 0.249. The second kappa shape index (κ2) is 7.46. The van der Waals surface area contributed by atoms with Crippen LogP contribution in [0.3, 0.4) is 0 Å². The largest absolute Gasteiger partial charge is 0.298 e. The maximum absolute atomic E-state index is 12.2. The van der Waals surface area contributed by atoms with Crippen LogP contribution in [0.15, 0.2) is 35.2 Å². The molecule has 0 saturated heterocycles. The molecular formula is C17H22N2OS. The Morgan fingerprint density at radius 1 is 1.29 bits per heavy atom. The second-order valence-corrected chi connectivity index (χ2v) is 6.17. The van der Waals surface area contributed by atoms with E-state index in [0.29, 0.717) is 12.2 Å². The van der Waals surface area contributed by atoms with Gasteiger partial charge in [-0.3, -0.25) is 9.48 Å². The topological polar surface area (TPSA) is 34.9 Å². The highest BCUT2D eigenvalue weighted by Crippen LogP contribution is 2.19. The Bertz CT molecular complexity index is 619. The highest BCUT2D eigenvalue weighted by molar-refractivity contribution is 8.00. The minimum atomic E-state index is 0.249. The number of thioether (sulfide) groups is 1. The van der Waals surface area contributed by atoms with E-state index in [1.165, 1.54) is 5.56 Å². The van der Waals surface area contributed by atoms with Gasteiger partial charge in [0.15, 0.2) is 0 Å². The molecule has 4 heteroatoms. The summed E-state index contributed by atoms with van der Waals surface area (Å²) in [5, 5.41) is 4.49. The lowest BCUT2D eigenvalue weighted by molar-refractivity contribution is -0.116. The summed E-state index contributed by atoms with van der Waals surface area (Å²) in [6.45, 7) is 7.02. The van der Waals surface area contributed by atoms with Gasteiger partial charge in [0.25, 0.3) is 0 Å². The fourth-order valence-corrected chi connectivity index (χ4v) is 3.10. The zero-order valence-corrected chi connectivity index (χ0v) is 13.7. The Balaban J connectivity index is 1.94. The molecule has 0 bridgehead atoms. The van der Waals surface area contributed by atoms with Crippen LogP contribution in [0.4, 0.5) is 0 Å². The van der Waals surface area contributed by atoms with E-state index in [1.807, 2.05) is 10.7 Å². The maximum Gasteiger partial charge on any atom is 0.149 e. The molecule has 112 valence electrons. The average molecular weight is 302 g/mol. The number of benzene rings is 1. The molecular weight excluding hydrogens is 280 g/mol. The van der Waals surface area contributed by atoms with Crippen LogP contribution >= 0.6 is 11.8 Å². The van der Waals surface area contributed by atoms with Gasteiger partial charge in [-0.05, 0) is 38.5 Å². The highest BCUT2D eigenvalue weighted by atomic mass is 32.2. The van der Waals surface area contributed by atoms with Crippen LogP contribution in [0.2, 0.25) is 0 Å². The number of ketones is 1.